The lowest BCUT2D eigenvalue weighted by molar-refractivity contribution is -0.136. The van der Waals surface area contributed by atoms with Crippen LogP contribution in [-0.2, 0) is 16.0 Å². The number of primary amides is 1. The number of likely N-dealkylation sites (tertiary alicyclic amines) is 1. The number of H-pyrrole nitrogens is 1. The van der Waals surface area contributed by atoms with Crippen molar-refractivity contribution in [1.29, 1.82) is 0 Å². The first-order valence-corrected chi connectivity index (χ1v) is 8.13. The summed E-state index contributed by atoms with van der Waals surface area (Å²) >= 11 is 0. The molecule has 3 N–H and O–H groups in total. The first-order valence-electron chi connectivity index (χ1n) is 8.13. The first kappa shape index (κ1) is 15.0. The average Bonchev–Trinajstić information content (AvgIpc) is 3.17. The first-order chi connectivity index (χ1) is 10.6. The molecule has 2 heterocycles. The van der Waals surface area contributed by atoms with Crippen LogP contribution in [0.3, 0.4) is 0 Å². The molecule has 2 atom stereocenters. The van der Waals surface area contributed by atoms with Crippen molar-refractivity contribution >= 4 is 11.8 Å². The summed E-state index contributed by atoms with van der Waals surface area (Å²) in [5, 5.41) is 7.01. The molecular formula is C15H23N5O2. The highest BCUT2D eigenvalue weighted by molar-refractivity contribution is 5.80. The molecule has 1 aliphatic carbocycles. The maximum Gasteiger partial charge on any atom is 0.226 e. The van der Waals surface area contributed by atoms with Gasteiger partial charge in [-0.05, 0) is 25.7 Å². The summed E-state index contributed by atoms with van der Waals surface area (Å²) in [6, 6.07) is 0. The van der Waals surface area contributed by atoms with Crippen molar-refractivity contribution in [2.24, 2.45) is 11.7 Å². The number of carbonyl (C=O) groups excluding carboxylic acids is 2. The minimum atomic E-state index is -0.434. The van der Waals surface area contributed by atoms with Crippen molar-refractivity contribution in [1.82, 2.24) is 20.1 Å². The summed E-state index contributed by atoms with van der Waals surface area (Å²) in [6.07, 6.45) is 6.27. The van der Waals surface area contributed by atoms with Crippen molar-refractivity contribution in [3.8, 4) is 0 Å². The highest BCUT2D eigenvalue weighted by Gasteiger charge is 2.37. The second-order valence-electron chi connectivity index (χ2n) is 6.31. The van der Waals surface area contributed by atoms with Crippen molar-refractivity contribution in [2.75, 3.05) is 13.1 Å². The third-order valence-electron chi connectivity index (χ3n) is 4.72. The fraction of sp³-hybridized carbons (Fsp3) is 0.733. The van der Waals surface area contributed by atoms with Gasteiger partial charge in [-0.3, -0.25) is 14.7 Å². The largest absolute Gasteiger partial charge is 0.369 e. The van der Waals surface area contributed by atoms with E-state index in [0.29, 0.717) is 11.6 Å². The van der Waals surface area contributed by atoms with E-state index in [0.717, 1.165) is 51.6 Å². The third-order valence-corrected chi connectivity index (χ3v) is 4.72. The summed E-state index contributed by atoms with van der Waals surface area (Å²) in [7, 11) is 0. The van der Waals surface area contributed by atoms with Crippen LogP contribution in [0, 0.1) is 5.92 Å². The topological polar surface area (TPSA) is 105 Å². The molecule has 22 heavy (non-hydrogen) atoms. The van der Waals surface area contributed by atoms with Crippen LogP contribution in [-0.4, -0.2) is 45.0 Å². The zero-order valence-electron chi connectivity index (χ0n) is 12.8. The standard InChI is InChI=1S/C15H23N5O2/c16-12(21)9-13-17-14(19-18-13)10-5-1-2-6-11(10)15(22)20-7-3-4-8-20/h10-11H,1-9H2,(H2,16,21)(H,17,18,19)/t10-,11+/m0/s1. The van der Waals surface area contributed by atoms with E-state index in [1.165, 1.54) is 0 Å². The van der Waals surface area contributed by atoms with E-state index in [2.05, 4.69) is 15.2 Å². The molecule has 2 amide bonds. The van der Waals surface area contributed by atoms with Gasteiger partial charge in [0.05, 0.1) is 6.42 Å². The van der Waals surface area contributed by atoms with Crippen LogP contribution in [0.15, 0.2) is 0 Å². The van der Waals surface area contributed by atoms with E-state index in [1.807, 2.05) is 4.90 Å². The minimum absolute atomic E-state index is 0.0240. The number of nitrogens with two attached hydrogens (primary N) is 1. The molecule has 1 saturated carbocycles. The molecule has 0 bridgehead atoms. The monoisotopic (exact) mass is 305 g/mol. The Hall–Kier alpha value is -1.92. The highest BCUT2D eigenvalue weighted by atomic mass is 16.2. The SMILES string of the molecule is NC(=O)Cc1nc([C@H]2CCCC[C@H]2C(=O)N2CCCC2)n[nH]1. The van der Waals surface area contributed by atoms with Crippen LogP contribution in [0.5, 0.6) is 0 Å². The van der Waals surface area contributed by atoms with Gasteiger partial charge in [0.15, 0.2) is 5.82 Å². The van der Waals surface area contributed by atoms with Crippen LogP contribution in [0.2, 0.25) is 0 Å². The van der Waals surface area contributed by atoms with Crippen LogP contribution < -0.4 is 5.73 Å². The number of aromatic nitrogens is 3. The Kier molecular flexibility index (Phi) is 4.40. The highest BCUT2D eigenvalue weighted by Crippen LogP contribution is 2.37. The molecule has 2 fully saturated rings. The average molecular weight is 305 g/mol. The third kappa shape index (κ3) is 3.13. The summed E-state index contributed by atoms with van der Waals surface area (Å²) in [5.74, 6) is 0.997. The second kappa shape index (κ2) is 6.46. The maximum atomic E-state index is 12.8. The molecule has 120 valence electrons. The number of nitrogens with zero attached hydrogens (tertiary/aromatic N) is 3. The molecular weight excluding hydrogens is 282 g/mol. The Balaban J connectivity index is 1.75. The normalized spacial score (nSPS) is 25.4. The van der Waals surface area contributed by atoms with Gasteiger partial charge < -0.3 is 10.6 Å². The van der Waals surface area contributed by atoms with Gasteiger partial charge in [0, 0.05) is 24.9 Å². The molecule has 1 aliphatic heterocycles. The fourth-order valence-corrected chi connectivity index (χ4v) is 3.63. The Labute approximate surface area is 129 Å². The van der Waals surface area contributed by atoms with Crippen LogP contribution in [0.4, 0.5) is 0 Å². The van der Waals surface area contributed by atoms with Gasteiger partial charge >= 0.3 is 0 Å². The van der Waals surface area contributed by atoms with Gasteiger partial charge in [-0.25, -0.2) is 4.98 Å². The molecule has 1 saturated heterocycles. The molecule has 7 nitrogen and oxygen atoms in total. The fourth-order valence-electron chi connectivity index (χ4n) is 3.63. The zero-order chi connectivity index (χ0) is 15.5. The molecule has 7 heteroatoms. The van der Waals surface area contributed by atoms with Gasteiger partial charge in [0.25, 0.3) is 0 Å². The molecule has 0 unspecified atom stereocenters. The van der Waals surface area contributed by atoms with Crippen molar-refractivity contribution in [2.45, 2.75) is 50.9 Å². The number of nitrogens with one attached hydrogen (secondary N) is 1. The molecule has 0 radical (unpaired) electrons. The van der Waals surface area contributed by atoms with E-state index in [4.69, 9.17) is 5.73 Å². The lowest BCUT2D eigenvalue weighted by atomic mass is 9.78. The zero-order valence-corrected chi connectivity index (χ0v) is 12.8. The molecule has 0 aromatic carbocycles. The quantitative estimate of drug-likeness (QED) is 0.855. The Bertz CT molecular complexity index is 550. The summed E-state index contributed by atoms with van der Waals surface area (Å²) in [4.78, 5) is 30.1. The summed E-state index contributed by atoms with van der Waals surface area (Å²) in [5.41, 5.74) is 5.18. The lowest BCUT2D eigenvalue weighted by Gasteiger charge is -2.31. The molecule has 1 aromatic rings. The van der Waals surface area contributed by atoms with Crippen LogP contribution >= 0.6 is 0 Å². The number of hydrogen-bond donors (Lipinski definition) is 2. The predicted octanol–water partition coefficient (Wildman–Crippen LogP) is 0.729. The van der Waals surface area contributed by atoms with Crippen molar-refractivity contribution in [3.05, 3.63) is 11.6 Å². The van der Waals surface area contributed by atoms with Gasteiger partial charge in [-0.2, -0.15) is 5.10 Å². The molecule has 2 aliphatic rings. The van der Waals surface area contributed by atoms with E-state index in [1.54, 1.807) is 0 Å². The Morgan fingerprint density at radius 1 is 1.18 bits per heavy atom. The van der Waals surface area contributed by atoms with Crippen LogP contribution in [0.1, 0.15) is 56.1 Å². The van der Waals surface area contributed by atoms with E-state index >= 15 is 0 Å². The van der Waals surface area contributed by atoms with Crippen molar-refractivity contribution < 1.29 is 9.59 Å². The van der Waals surface area contributed by atoms with Gasteiger partial charge in [0.1, 0.15) is 5.82 Å². The van der Waals surface area contributed by atoms with E-state index in [-0.39, 0.29) is 24.2 Å². The van der Waals surface area contributed by atoms with E-state index < -0.39 is 5.91 Å². The number of aromatic amines is 1. The van der Waals surface area contributed by atoms with Crippen molar-refractivity contribution in [3.63, 3.8) is 0 Å². The van der Waals surface area contributed by atoms with Gasteiger partial charge in [-0.15, -0.1) is 0 Å². The smallest absolute Gasteiger partial charge is 0.226 e. The van der Waals surface area contributed by atoms with Gasteiger partial charge in [-0.1, -0.05) is 12.8 Å². The van der Waals surface area contributed by atoms with Gasteiger partial charge in [0.2, 0.25) is 11.8 Å². The second-order valence-corrected chi connectivity index (χ2v) is 6.31. The molecule has 0 spiro atoms. The number of carbonyl (C=O) groups is 2. The Morgan fingerprint density at radius 2 is 1.91 bits per heavy atom. The maximum absolute atomic E-state index is 12.8. The molecule has 3 rings (SSSR count). The predicted molar refractivity (Wildman–Crippen MR) is 79.8 cm³/mol. The molecule has 1 aromatic heterocycles. The lowest BCUT2D eigenvalue weighted by Crippen LogP contribution is -2.38. The number of rotatable bonds is 4. The van der Waals surface area contributed by atoms with Crippen LogP contribution in [0.25, 0.3) is 0 Å². The summed E-state index contributed by atoms with van der Waals surface area (Å²) < 4.78 is 0. The Morgan fingerprint density at radius 3 is 2.64 bits per heavy atom. The number of amides is 2. The number of hydrogen-bond acceptors (Lipinski definition) is 4. The summed E-state index contributed by atoms with van der Waals surface area (Å²) in [6.45, 7) is 1.76. The van der Waals surface area contributed by atoms with E-state index in [9.17, 15) is 9.59 Å². The minimum Gasteiger partial charge on any atom is -0.369 e.